The molecule has 1 saturated heterocycles. The van der Waals surface area contributed by atoms with Crippen LogP contribution in [0.5, 0.6) is 0 Å². The lowest BCUT2D eigenvalue weighted by molar-refractivity contribution is 0.572. The molecule has 1 aliphatic heterocycles. The van der Waals surface area contributed by atoms with E-state index in [-0.39, 0.29) is 11.7 Å². The van der Waals surface area contributed by atoms with Gasteiger partial charge in [-0.25, -0.2) is 4.79 Å². The van der Waals surface area contributed by atoms with Crippen LogP contribution in [0.15, 0.2) is 41.5 Å². The summed E-state index contributed by atoms with van der Waals surface area (Å²) in [7, 11) is 0. The van der Waals surface area contributed by atoms with E-state index in [1.165, 1.54) is 12.0 Å². The highest BCUT2D eigenvalue weighted by Gasteiger charge is 2.20. The number of hydrogen-bond donors (Lipinski definition) is 1. The number of rotatable bonds is 3. The zero-order valence-corrected chi connectivity index (χ0v) is 12.0. The summed E-state index contributed by atoms with van der Waals surface area (Å²) in [6, 6.07) is 8.73. The van der Waals surface area contributed by atoms with E-state index in [4.69, 9.17) is 0 Å². The first-order valence-corrected chi connectivity index (χ1v) is 7.30. The molecule has 1 aromatic carbocycles. The lowest BCUT2D eigenvalue weighted by atomic mass is 10.0. The fraction of sp³-hybridized carbons (Fsp3) is 0.438. The molecule has 0 saturated carbocycles. The Morgan fingerprint density at radius 3 is 2.70 bits per heavy atom. The number of para-hydroxylation sites is 1. The van der Waals surface area contributed by atoms with E-state index in [1.54, 1.807) is 9.13 Å². The van der Waals surface area contributed by atoms with Crippen LogP contribution in [0.1, 0.15) is 44.3 Å². The first-order chi connectivity index (χ1) is 9.68. The van der Waals surface area contributed by atoms with Gasteiger partial charge in [0.1, 0.15) is 0 Å². The molecule has 4 nitrogen and oxygen atoms in total. The Labute approximate surface area is 119 Å². The molecule has 2 heterocycles. The average Bonchev–Trinajstić information content (AvgIpc) is 3.08. The quantitative estimate of drug-likeness (QED) is 0.932. The van der Waals surface area contributed by atoms with E-state index in [1.807, 2.05) is 44.4 Å². The highest BCUT2D eigenvalue weighted by molar-refractivity contribution is 5.43. The minimum Gasteiger partial charge on any atom is -0.310 e. The summed E-state index contributed by atoms with van der Waals surface area (Å²) in [5.41, 5.74) is 2.25. The second kappa shape index (κ2) is 5.29. The number of nitrogens with one attached hydrogen (secondary N) is 1. The van der Waals surface area contributed by atoms with Crippen LogP contribution in [0.2, 0.25) is 0 Å². The van der Waals surface area contributed by atoms with Crippen molar-refractivity contribution in [3.05, 3.63) is 52.7 Å². The van der Waals surface area contributed by atoms with E-state index in [0.717, 1.165) is 18.7 Å². The van der Waals surface area contributed by atoms with E-state index in [0.29, 0.717) is 6.04 Å². The molecule has 106 valence electrons. The number of aromatic nitrogens is 2. The lowest BCUT2D eigenvalue weighted by Gasteiger charge is -2.16. The van der Waals surface area contributed by atoms with Crippen LogP contribution in [0.3, 0.4) is 0 Å². The standard InChI is InChI=1S/C16H21N3O/c1-12(2)18-10-11-19(16(18)20)15-8-4-3-6-13(15)14-7-5-9-17-14/h3-4,6,8,10-12,14,17H,5,7,9H2,1-2H3. The van der Waals surface area contributed by atoms with Crippen LogP contribution in [0, 0.1) is 0 Å². The topological polar surface area (TPSA) is 39.0 Å². The molecule has 1 aromatic heterocycles. The van der Waals surface area contributed by atoms with Gasteiger partial charge < -0.3 is 5.32 Å². The molecule has 3 rings (SSSR count). The molecule has 1 unspecified atom stereocenters. The maximum Gasteiger partial charge on any atom is 0.332 e. The SMILES string of the molecule is CC(C)n1ccn(-c2ccccc2C2CCCN2)c1=O. The van der Waals surface area contributed by atoms with Gasteiger partial charge in [-0.15, -0.1) is 0 Å². The maximum atomic E-state index is 12.5. The molecule has 1 aliphatic rings. The van der Waals surface area contributed by atoms with Gasteiger partial charge in [-0.3, -0.25) is 9.13 Å². The van der Waals surface area contributed by atoms with Gasteiger partial charge in [-0.05, 0) is 44.9 Å². The van der Waals surface area contributed by atoms with E-state index < -0.39 is 0 Å². The van der Waals surface area contributed by atoms with Gasteiger partial charge in [0, 0.05) is 24.5 Å². The van der Waals surface area contributed by atoms with Crippen molar-refractivity contribution in [3.63, 3.8) is 0 Å². The van der Waals surface area contributed by atoms with Crippen molar-refractivity contribution in [2.24, 2.45) is 0 Å². The van der Waals surface area contributed by atoms with Crippen molar-refractivity contribution in [2.45, 2.75) is 38.8 Å². The normalized spacial score (nSPS) is 18.9. The van der Waals surface area contributed by atoms with Crippen LogP contribution < -0.4 is 11.0 Å². The van der Waals surface area contributed by atoms with Crippen molar-refractivity contribution in [1.82, 2.24) is 14.5 Å². The fourth-order valence-electron chi connectivity index (χ4n) is 2.92. The molecule has 4 heteroatoms. The third-order valence-corrected chi connectivity index (χ3v) is 3.99. The number of hydrogen-bond acceptors (Lipinski definition) is 2. The van der Waals surface area contributed by atoms with Crippen LogP contribution in [0.25, 0.3) is 5.69 Å². The van der Waals surface area contributed by atoms with Crippen molar-refractivity contribution in [3.8, 4) is 5.69 Å². The van der Waals surface area contributed by atoms with Gasteiger partial charge in [-0.2, -0.15) is 0 Å². The number of benzene rings is 1. The summed E-state index contributed by atoms with van der Waals surface area (Å²) >= 11 is 0. The summed E-state index contributed by atoms with van der Waals surface area (Å²) in [5.74, 6) is 0. The van der Waals surface area contributed by atoms with Crippen LogP contribution in [0.4, 0.5) is 0 Å². The van der Waals surface area contributed by atoms with Crippen molar-refractivity contribution < 1.29 is 0 Å². The van der Waals surface area contributed by atoms with Gasteiger partial charge >= 0.3 is 5.69 Å². The minimum atomic E-state index is 0.0328. The third-order valence-electron chi connectivity index (χ3n) is 3.99. The van der Waals surface area contributed by atoms with Crippen molar-refractivity contribution in [1.29, 1.82) is 0 Å². The first kappa shape index (κ1) is 13.2. The van der Waals surface area contributed by atoms with Gasteiger partial charge in [0.25, 0.3) is 0 Å². The maximum absolute atomic E-state index is 12.5. The molecule has 0 bridgehead atoms. The smallest absolute Gasteiger partial charge is 0.310 e. The average molecular weight is 271 g/mol. The van der Waals surface area contributed by atoms with Crippen LogP contribution in [-0.2, 0) is 0 Å². The molecular weight excluding hydrogens is 250 g/mol. The Hall–Kier alpha value is -1.81. The Morgan fingerprint density at radius 1 is 1.25 bits per heavy atom. The highest BCUT2D eigenvalue weighted by atomic mass is 16.1. The Balaban J connectivity index is 2.08. The third kappa shape index (κ3) is 2.20. The van der Waals surface area contributed by atoms with Gasteiger partial charge in [-0.1, -0.05) is 18.2 Å². The monoisotopic (exact) mass is 271 g/mol. The molecule has 0 amide bonds. The molecule has 1 N–H and O–H groups in total. The second-order valence-corrected chi connectivity index (χ2v) is 5.66. The summed E-state index contributed by atoms with van der Waals surface area (Å²) in [6.07, 6.45) is 6.07. The van der Waals surface area contributed by atoms with Crippen LogP contribution >= 0.6 is 0 Å². The molecule has 0 radical (unpaired) electrons. The summed E-state index contributed by atoms with van der Waals surface area (Å²) in [5, 5.41) is 3.51. The summed E-state index contributed by atoms with van der Waals surface area (Å²) in [6.45, 7) is 5.10. The van der Waals surface area contributed by atoms with Gasteiger partial charge in [0.2, 0.25) is 0 Å². The largest absolute Gasteiger partial charge is 0.332 e. The number of imidazole rings is 1. The summed E-state index contributed by atoms with van der Waals surface area (Å²) < 4.78 is 3.52. The second-order valence-electron chi connectivity index (χ2n) is 5.66. The zero-order chi connectivity index (χ0) is 14.1. The molecule has 1 fully saturated rings. The lowest BCUT2D eigenvalue weighted by Crippen LogP contribution is -2.25. The van der Waals surface area contributed by atoms with Crippen LogP contribution in [-0.4, -0.2) is 15.7 Å². The Kier molecular flexibility index (Phi) is 3.49. The fourth-order valence-corrected chi connectivity index (χ4v) is 2.92. The predicted octanol–water partition coefficient (Wildman–Crippen LogP) is 2.64. The predicted molar refractivity (Wildman–Crippen MR) is 80.4 cm³/mol. The molecule has 0 aliphatic carbocycles. The zero-order valence-electron chi connectivity index (χ0n) is 12.0. The molecule has 2 aromatic rings. The Bertz CT molecular complexity index is 648. The molecule has 1 atom stereocenters. The molecule has 0 spiro atoms. The van der Waals surface area contributed by atoms with Gasteiger partial charge in [0.05, 0.1) is 5.69 Å². The van der Waals surface area contributed by atoms with E-state index in [9.17, 15) is 4.79 Å². The van der Waals surface area contributed by atoms with Gasteiger partial charge in [0.15, 0.2) is 0 Å². The highest BCUT2D eigenvalue weighted by Crippen LogP contribution is 2.27. The first-order valence-electron chi connectivity index (χ1n) is 7.30. The Morgan fingerprint density at radius 2 is 2.05 bits per heavy atom. The molecular formula is C16H21N3O. The van der Waals surface area contributed by atoms with Crippen molar-refractivity contribution >= 4 is 0 Å². The number of nitrogens with zero attached hydrogens (tertiary/aromatic N) is 2. The van der Waals surface area contributed by atoms with E-state index >= 15 is 0 Å². The molecule has 20 heavy (non-hydrogen) atoms. The van der Waals surface area contributed by atoms with E-state index in [2.05, 4.69) is 11.4 Å². The summed E-state index contributed by atoms with van der Waals surface area (Å²) in [4.78, 5) is 12.5. The van der Waals surface area contributed by atoms with Crippen molar-refractivity contribution in [2.75, 3.05) is 6.54 Å². The minimum absolute atomic E-state index is 0.0328.